The lowest BCUT2D eigenvalue weighted by molar-refractivity contribution is -0.119. The molecule has 76 valence electrons. The molecule has 2 nitrogen and oxygen atoms in total. The summed E-state index contributed by atoms with van der Waals surface area (Å²) in [6, 6.07) is 7.23. The molecule has 0 aliphatic rings. The van der Waals surface area contributed by atoms with Gasteiger partial charge >= 0.3 is 0 Å². The zero-order valence-electron chi connectivity index (χ0n) is 8.38. The van der Waals surface area contributed by atoms with Crippen molar-refractivity contribution in [1.29, 1.82) is 0 Å². The van der Waals surface area contributed by atoms with Gasteiger partial charge in [0.1, 0.15) is 0 Å². The van der Waals surface area contributed by atoms with E-state index in [0.29, 0.717) is 10.7 Å². The summed E-state index contributed by atoms with van der Waals surface area (Å²) in [6.07, 6.45) is 0.830. The summed E-state index contributed by atoms with van der Waals surface area (Å²) in [5, 5.41) is 3.36. The number of nitrogens with one attached hydrogen (secondary N) is 1. The largest absolute Gasteiger partial charge is 0.325 e. The summed E-state index contributed by atoms with van der Waals surface area (Å²) < 4.78 is 0. The van der Waals surface area contributed by atoms with Crippen LogP contribution in [0.1, 0.15) is 20.3 Å². The lowest BCUT2D eigenvalue weighted by Crippen LogP contribution is -2.19. The quantitative estimate of drug-likeness (QED) is 0.817. The lowest BCUT2D eigenvalue weighted by atomic mass is 10.1. The molecule has 14 heavy (non-hydrogen) atoms. The maximum Gasteiger partial charge on any atom is 0.227 e. The molecule has 1 amide bonds. The molecule has 0 fully saturated rings. The third-order valence-corrected chi connectivity index (χ3v) is 2.52. The Morgan fingerprint density at radius 3 is 2.71 bits per heavy atom. The van der Waals surface area contributed by atoms with Crippen molar-refractivity contribution in [3.63, 3.8) is 0 Å². The average molecular weight is 212 g/mol. The Kier molecular flexibility index (Phi) is 3.96. The van der Waals surface area contributed by atoms with Gasteiger partial charge in [0, 0.05) is 5.92 Å². The van der Waals surface area contributed by atoms with Crippen LogP contribution in [-0.2, 0) is 4.79 Å². The van der Waals surface area contributed by atoms with Gasteiger partial charge in [-0.3, -0.25) is 4.79 Å². The monoisotopic (exact) mass is 211 g/mol. The van der Waals surface area contributed by atoms with Crippen molar-refractivity contribution in [3.05, 3.63) is 29.3 Å². The van der Waals surface area contributed by atoms with Crippen LogP contribution in [0.4, 0.5) is 5.69 Å². The molecule has 0 saturated heterocycles. The van der Waals surface area contributed by atoms with E-state index in [-0.39, 0.29) is 11.8 Å². The van der Waals surface area contributed by atoms with Crippen molar-refractivity contribution < 1.29 is 4.79 Å². The highest BCUT2D eigenvalue weighted by molar-refractivity contribution is 6.33. The van der Waals surface area contributed by atoms with E-state index in [1.165, 1.54) is 0 Å². The number of anilines is 1. The highest BCUT2D eigenvalue weighted by Crippen LogP contribution is 2.21. The molecule has 0 aromatic heterocycles. The van der Waals surface area contributed by atoms with Gasteiger partial charge in [-0.1, -0.05) is 37.6 Å². The zero-order valence-corrected chi connectivity index (χ0v) is 9.14. The Morgan fingerprint density at radius 2 is 2.14 bits per heavy atom. The van der Waals surface area contributed by atoms with Crippen molar-refractivity contribution in [2.75, 3.05) is 5.32 Å². The predicted octanol–water partition coefficient (Wildman–Crippen LogP) is 3.32. The average Bonchev–Trinajstić information content (AvgIpc) is 2.20. The fourth-order valence-electron chi connectivity index (χ4n) is 1.00. The van der Waals surface area contributed by atoms with E-state index in [4.69, 9.17) is 11.6 Å². The predicted molar refractivity (Wildman–Crippen MR) is 59.5 cm³/mol. The number of halogens is 1. The molecule has 0 radical (unpaired) electrons. The molecule has 1 aromatic rings. The van der Waals surface area contributed by atoms with Crippen LogP contribution in [0.25, 0.3) is 0 Å². The first-order valence-corrected chi connectivity index (χ1v) is 5.08. The van der Waals surface area contributed by atoms with Gasteiger partial charge in [0.25, 0.3) is 0 Å². The molecule has 0 aliphatic heterocycles. The molecule has 0 unspecified atom stereocenters. The van der Waals surface area contributed by atoms with Crippen LogP contribution in [0, 0.1) is 5.92 Å². The number of hydrogen-bond acceptors (Lipinski definition) is 1. The van der Waals surface area contributed by atoms with Crippen molar-refractivity contribution in [3.8, 4) is 0 Å². The number of carbonyl (C=O) groups is 1. The Hall–Kier alpha value is -1.02. The van der Waals surface area contributed by atoms with Crippen LogP contribution in [0.3, 0.4) is 0 Å². The van der Waals surface area contributed by atoms with Crippen molar-refractivity contribution >= 4 is 23.2 Å². The Labute approximate surface area is 89.3 Å². The van der Waals surface area contributed by atoms with Gasteiger partial charge in [0.15, 0.2) is 0 Å². The standard InChI is InChI=1S/C11H14ClNO/c1-3-8(2)11(14)13-10-7-5-4-6-9(10)12/h4-8H,3H2,1-2H3,(H,13,14)/t8-/m0/s1. The van der Waals surface area contributed by atoms with Gasteiger partial charge in [-0.2, -0.15) is 0 Å². The number of carbonyl (C=O) groups excluding carboxylic acids is 1. The molecule has 1 aromatic carbocycles. The van der Waals surface area contributed by atoms with E-state index in [1.54, 1.807) is 12.1 Å². The normalized spacial score (nSPS) is 12.2. The first kappa shape index (κ1) is 11.1. The number of benzene rings is 1. The maximum atomic E-state index is 11.5. The van der Waals surface area contributed by atoms with Crippen LogP contribution < -0.4 is 5.32 Å². The van der Waals surface area contributed by atoms with Crippen molar-refractivity contribution in [2.24, 2.45) is 5.92 Å². The second-order valence-electron chi connectivity index (χ2n) is 3.28. The van der Waals surface area contributed by atoms with E-state index in [9.17, 15) is 4.79 Å². The first-order chi connectivity index (χ1) is 6.65. The molecule has 1 N–H and O–H groups in total. The van der Waals surface area contributed by atoms with Gasteiger partial charge < -0.3 is 5.32 Å². The molecule has 0 heterocycles. The summed E-state index contributed by atoms with van der Waals surface area (Å²) in [7, 11) is 0. The van der Waals surface area contributed by atoms with E-state index < -0.39 is 0 Å². The highest BCUT2D eigenvalue weighted by atomic mass is 35.5. The van der Waals surface area contributed by atoms with Gasteiger partial charge in [0.05, 0.1) is 10.7 Å². The molecule has 3 heteroatoms. The fourth-order valence-corrected chi connectivity index (χ4v) is 1.19. The summed E-state index contributed by atoms with van der Waals surface area (Å²) in [6.45, 7) is 3.88. The lowest BCUT2D eigenvalue weighted by Gasteiger charge is -2.10. The molecular formula is C11H14ClNO. The molecule has 0 aliphatic carbocycles. The van der Waals surface area contributed by atoms with Crippen LogP contribution in [0.2, 0.25) is 5.02 Å². The zero-order chi connectivity index (χ0) is 10.6. The highest BCUT2D eigenvalue weighted by Gasteiger charge is 2.11. The minimum Gasteiger partial charge on any atom is -0.325 e. The minimum atomic E-state index is 0.0144. The Balaban J connectivity index is 2.70. The first-order valence-electron chi connectivity index (χ1n) is 4.70. The maximum absolute atomic E-state index is 11.5. The van der Waals surface area contributed by atoms with Crippen molar-refractivity contribution in [1.82, 2.24) is 0 Å². The molecule has 1 atom stereocenters. The van der Waals surface area contributed by atoms with Crippen LogP contribution >= 0.6 is 11.6 Å². The van der Waals surface area contributed by atoms with E-state index in [0.717, 1.165) is 6.42 Å². The third-order valence-electron chi connectivity index (χ3n) is 2.19. The van der Waals surface area contributed by atoms with E-state index >= 15 is 0 Å². The van der Waals surface area contributed by atoms with Crippen LogP contribution in [0.5, 0.6) is 0 Å². The smallest absolute Gasteiger partial charge is 0.227 e. The molecule has 1 rings (SSSR count). The molecule has 0 bridgehead atoms. The summed E-state index contributed by atoms with van der Waals surface area (Å²) in [5.41, 5.74) is 0.680. The Bertz CT molecular complexity index is 325. The Morgan fingerprint density at radius 1 is 1.50 bits per heavy atom. The topological polar surface area (TPSA) is 29.1 Å². The second kappa shape index (κ2) is 5.01. The number of rotatable bonds is 3. The number of para-hydroxylation sites is 1. The van der Waals surface area contributed by atoms with Crippen LogP contribution in [-0.4, -0.2) is 5.91 Å². The fraction of sp³-hybridized carbons (Fsp3) is 0.364. The summed E-state index contributed by atoms with van der Waals surface area (Å²) >= 11 is 5.90. The molecule has 0 spiro atoms. The second-order valence-corrected chi connectivity index (χ2v) is 3.69. The minimum absolute atomic E-state index is 0.0144. The van der Waals surface area contributed by atoms with Gasteiger partial charge in [0.2, 0.25) is 5.91 Å². The van der Waals surface area contributed by atoms with Crippen LogP contribution in [0.15, 0.2) is 24.3 Å². The van der Waals surface area contributed by atoms with E-state index in [1.807, 2.05) is 26.0 Å². The number of amides is 1. The van der Waals surface area contributed by atoms with Gasteiger partial charge in [-0.25, -0.2) is 0 Å². The van der Waals surface area contributed by atoms with Crippen molar-refractivity contribution in [2.45, 2.75) is 20.3 Å². The molecule has 0 saturated carbocycles. The SMILES string of the molecule is CC[C@H](C)C(=O)Nc1ccccc1Cl. The third kappa shape index (κ3) is 2.74. The van der Waals surface area contributed by atoms with Gasteiger partial charge in [-0.15, -0.1) is 0 Å². The summed E-state index contributed by atoms with van der Waals surface area (Å²) in [4.78, 5) is 11.5. The number of hydrogen-bond donors (Lipinski definition) is 1. The summed E-state index contributed by atoms with van der Waals surface area (Å²) in [5.74, 6) is 0.0341. The van der Waals surface area contributed by atoms with Gasteiger partial charge in [-0.05, 0) is 18.6 Å². The molecular weight excluding hydrogens is 198 g/mol. The van der Waals surface area contributed by atoms with E-state index in [2.05, 4.69) is 5.32 Å².